The highest BCUT2D eigenvalue weighted by Crippen LogP contribution is 2.41. The van der Waals surface area contributed by atoms with Crippen molar-refractivity contribution in [2.75, 3.05) is 37.9 Å². The third-order valence-corrected chi connectivity index (χ3v) is 13.3. The molecule has 0 spiro atoms. The molecular formula is C42H58N14O21. The number of hydrogen-bond acceptors (Lipinski definition) is 28. The number of nitrogens with one attached hydrogen (secondary N) is 3. The Balaban J connectivity index is 0.000000149. The van der Waals surface area contributed by atoms with Crippen molar-refractivity contribution in [3.63, 3.8) is 0 Å². The number of aromatic nitrogens is 12. The SMILES string of the molecule is C[C@@]1(O)[C@H](O)[C@@H](CO)O[C@H]1n1ccc(=O)[nH]c1=O.C[C@@]1(O)[C@H](O)[C@@H](CO)O[C@H]1n1ccc(N)nc1=O.C[C@@]1(O)[C@H](O)[C@@H](CO)O[C@H]1n1cnc2c(=O)[nH]c(N)nc21.C[C@@]1(O)[C@H](O)[C@@H](CO)O[C@H]1n1cnc2c(=O)[nH]cnc21. The Morgan fingerprint density at radius 1 is 0.545 bits per heavy atom. The van der Waals surface area contributed by atoms with Crippen LogP contribution in [0.15, 0.2) is 67.5 Å². The smallest absolute Gasteiger partial charge is 0.351 e. The third-order valence-electron chi connectivity index (χ3n) is 13.3. The number of anilines is 2. The van der Waals surface area contributed by atoms with Gasteiger partial charge in [-0.25, -0.2) is 24.5 Å². The van der Waals surface area contributed by atoms with Crippen molar-refractivity contribution in [1.29, 1.82) is 0 Å². The van der Waals surface area contributed by atoms with E-state index in [1.807, 2.05) is 4.98 Å². The first kappa shape index (κ1) is 57.9. The summed E-state index contributed by atoms with van der Waals surface area (Å²) in [5, 5.41) is 117. The molecule has 19 N–H and O–H groups in total. The van der Waals surface area contributed by atoms with Crippen molar-refractivity contribution >= 4 is 34.1 Å². The summed E-state index contributed by atoms with van der Waals surface area (Å²) in [5.74, 6) is -0.0562. The lowest BCUT2D eigenvalue weighted by atomic mass is 9.96. The first-order valence-corrected chi connectivity index (χ1v) is 23.0. The Morgan fingerprint density at radius 2 is 0.948 bits per heavy atom. The molecule has 6 aromatic heterocycles. The summed E-state index contributed by atoms with van der Waals surface area (Å²) in [4.78, 5) is 83.5. The van der Waals surface area contributed by atoms with Crippen LogP contribution >= 0.6 is 0 Å². The molecule has 0 aliphatic carbocycles. The zero-order valence-corrected chi connectivity index (χ0v) is 41.0. The lowest BCUT2D eigenvalue weighted by Crippen LogP contribution is -2.46. The van der Waals surface area contributed by atoms with Crippen LogP contribution in [0.1, 0.15) is 52.6 Å². The zero-order chi connectivity index (χ0) is 56.9. The van der Waals surface area contributed by atoms with Crippen molar-refractivity contribution in [1.82, 2.24) is 58.1 Å². The molecule has 4 aliphatic rings. The lowest BCUT2D eigenvalue weighted by molar-refractivity contribution is -0.0987. The van der Waals surface area contributed by atoms with Crippen LogP contribution in [0.25, 0.3) is 22.3 Å². The number of aromatic amines is 3. The Hall–Kier alpha value is -6.78. The molecular weight excluding hydrogens is 1040 g/mol. The summed E-state index contributed by atoms with van der Waals surface area (Å²) in [6.45, 7) is 3.50. The average Bonchev–Trinajstić information content (AvgIpc) is 4.28. The molecule has 35 nitrogen and oxygen atoms in total. The highest BCUT2D eigenvalue weighted by molar-refractivity contribution is 5.71. The first-order chi connectivity index (χ1) is 36.1. The summed E-state index contributed by atoms with van der Waals surface area (Å²) >= 11 is 0. The predicted molar refractivity (Wildman–Crippen MR) is 255 cm³/mol. The molecule has 0 saturated carbocycles. The van der Waals surface area contributed by atoms with Gasteiger partial charge >= 0.3 is 11.4 Å². The van der Waals surface area contributed by atoms with Crippen molar-refractivity contribution < 1.29 is 80.2 Å². The molecule has 35 heteroatoms. The number of imidazole rings is 2. The van der Waals surface area contributed by atoms with Gasteiger partial charge in [-0.2, -0.15) is 9.97 Å². The van der Waals surface area contributed by atoms with Crippen LogP contribution in [0.5, 0.6) is 0 Å². The van der Waals surface area contributed by atoms with Crippen LogP contribution in [0.4, 0.5) is 11.8 Å². The van der Waals surface area contributed by atoms with E-state index in [0.717, 1.165) is 21.4 Å². The van der Waals surface area contributed by atoms with Gasteiger partial charge in [0.05, 0.1) is 45.4 Å². The van der Waals surface area contributed by atoms with E-state index in [1.165, 1.54) is 68.1 Å². The monoisotopic (exact) mass is 1090 g/mol. The summed E-state index contributed by atoms with van der Waals surface area (Å²) in [5.41, 5.74) is 1.55. The van der Waals surface area contributed by atoms with E-state index in [0.29, 0.717) is 0 Å². The van der Waals surface area contributed by atoms with E-state index in [1.54, 1.807) is 0 Å². The van der Waals surface area contributed by atoms with E-state index in [9.17, 15) is 69.9 Å². The average molecular weight is 1100 g/mol. The molecule has 4 aliphatic heterocycles. The molecule has 77 heavy (non-hydrogen) atoms. The van der Waals surface area contributed by atoms with Crippen LogP contribution in [0.2, 0.25) is 0 Å². The van der Waals surface area contributed by atoms with E-state index >= 15 is 0 Å². The van der Waals surface area contributed by atoms with Gasteiger partial charge in [0.15, 0.2) is 47.2 Å². The highest BCUT2D eigenvalue weighted by atomic mass is 16.6. The van der Waals surface area contributed by atoms with Gasteiger partial charge in [0.1, 0.15) is 77.1 Å². The summed E-state index contributed by atoms with van der Waals surface area (Å²) < 4.78 is 26.1. The Bertz CT molecular complexity index is 3350. The van der Waals surface area contributed by atoms with Crippen LogP contribution in [-0.4, -0.2) is 217 Å². The maximum absolute atomic E-state index is 11.7. The molecule has 422 valence electrons. The molecule has 4 saturated heterocycles. The van der Waals surface area contributed by atoms with Gasteiger partial charge in [0.2, 0.25) is 5.95 Å². The summed E-state index contributed by atoms with van der Waals surface area (Å²) in [6, 6.07) is 2.47. The minimum absolute atomic E-state index is 0.0329. The van der Waals surface area contributed by atoms with E-state index in [-0.39, 0.29) is 34.1 Å². The van der Waals surface area contributed by atoms with Crippen LogP contribution in [-0.2, 0) is 18.9 Å². The van der Waals surface area contributed by atoms with Crippen molar-refractivity contribution in [3.05, 3.63) is 95.5 Å². The molecule has 0 amide bonds. The maximum Gasteiger partial charge on any atom is 0.351 e. The predicted octanol–water partition coefficient (Wildman–Crippen LogP) is -8.81. The molecule has 6 aromatic rings. The van der Waals surface area contributed by atoms with Gasteiger partial charge in [-0.3, -0.25) is 42.6 Å². The van der Waals surface area contributed by atoms with Gasteiger partial charge in [-0.15, -0.1) is 0 Å². The van der Waals surface area contributed by atoms with Gasteiger partial charge in [-0.1, -0.05) is 0 Å². The fourth-order valence-corrected chi connectivity index (χ4v) is 8.93. The number of nitrogens with two attached hydrogens (primary N) is 2. The van der Waals surface area contributed by atoms with Crippen LogP contribution in [0.3, 0.4) is 0 Å². The standard InChI is InChI=1S/C11H15N5O5.C11H14N4O5.C10H15N3O5.C10H14N2O6/c1-11(20)6(18)4(2-17)21-9(11)16-3-13-5-7(16)14-10(12)15-8(5)19;1-11(19)7(17)5(2-16)20-10(11)15-4-14-6-8(15)12-3-13-9(6)18;1-10(17)7(15)5(4-14)18-8(10)13-3-2-6(11)12-9(13)16;1-10(17)7(15)5(4-13)18-8(10)12-3-2-6(14)11-9(12)16/h3-4,6,9,17-18,20H,2H2,1H3,(H3,12,14,15,19);3-5,7,10,16-17,19H,2H2,1H3,(H,12,13,18);2-3,5,7-8,14-15,17H,4H2,1H3,(H2,11,12,16);2-3,5,7-8,13,15,17H,4H2,1H3,(H,11,14,16)/t4-,6-,9-,11-;5-,7-,10-,11-;2*5-,7-,8-,10-/m1111/s1. The normalized spacial score (nSPS) is 34.5. The number of ether oxygens (including phenoxy) is 4. The van der Waals surface area contributed by atoms with E-state index < -0.39 is 151 Å². The number of nitrogens with zero attached hydrogens (tertiary/aromatic N) is 9. The third kappa shape index (κ3) is 10.7. The Kier molecular flexibility index (Phi) is 16.5. The van der Waals surface area contributed by atoms with Crippen LogP contribution in [0, 0.1) is 0 Å². The quantitative estimate of drug-likeness (QED) is 0.0673. The molecule has 4 fully saturated rings. The molecule has 10 rings (SSSR count). The second kappa shape index (κ2) is 21.9. The van der Waals surface area contributed by atoms with Gasteiger partial charge < -0.3 is 96.7 Å². The Labute approximate surface area is 429 Å². The number of aliphatic hydroxyl groups is 12. The maximum atomic E-state index is 11.7. The summed E-state index contributed by atoms with van der Waals surface area (Å²) in [7, 11) is 0. The number of hydrogen-bond donors (Lipinski definition) is 17. The van der Waals surface area contributed by atoms with Gasteiger partial charge in [0.25, 0.3) is 16.7 Å². The second-order valence-electron chi connectivity index (χ2n) is 18.9. The highest BCUT2D eigenvalue weighted by Gasteiger charge is 2.56. The fourth-order valence-electron chi connectivity index (χ4n) is 8.93. The van der Waals surface area contributed by atoms with E-state index in [2.05, 4.69) is 34.9 Å². The topological polar surface area (TPSA) is 549 Å². The molecule has 0 radical (unpaired) electrons. The number of H-pyrrole nitrogens is 3. The Morgan fingerprint density at radius 3 is 1.36 bits per heavy atom. The molecule has 10 heterocycles. The summed E-state index contributed by atoms with van der Waals surface area (Å²) in [6.07, 6.45) is -7.19. The molecule has 0 bridgehead atoms. The van der Waals surface area contributed by atoms with Gasteiger partial charge in [-0.05, 0) is 33.8 Å². The minimum Gasteiger partial charge on any atom is -0.394 e. The number of fused-ring (bicyclic) bond motifs is 2. The van der Waals surface area contributed by atoms with E-state index in [4.69, 9.17) is 45.7 Å². The molecule has 0 unspecified atom stereocenters. The minimum atomic E-state index is -1.75. The van der Waals surface area contributed by atoms with Crippen molar-refractivity contribution in [2.24, 2.45) is 0 Å². The number of aliphatic hydroxyl groups excluding tert-OH is 8. The zero-order valence-electron chi connectivity index (χ0n) is 41.0. The molecule has 0 aromatic carbocycles. The number of rotatable bonds is 8. The largest absolute Gasteiger partial charge is 0.394 e. The van der Waals surface area contributed by atoms with Crippen molar-refractivity contribution in [2.45, 2.75) is 124 Å². The van der Waals surface area contributed by atoms with Gasteiger partial charge in [0, 0.05) is 18.5 Å². The first-order valence-electron chi connectivity index (χ1n) is 23.0. The van der Waals surface area contributed by atoms with Crippen LogP contribution < -0.4 is 39.5 Å². The lowest BCUT2D eigenvalue weighted by Gasteiger charge is -2.27. The molecule has 16 atom stereocenters. The second-order valence-corrected chi connectivity index (χ2v) is 18.9. The number of nitrogen functional groups attached to an aromatic ring is 2. The fraction of sp³-hybridized carbons (Fsp3) is 0.571. The van der Waals surface area contributed by atoms with Crippen molar-refractivity contribution in [3.8, 4) is 0 Å².